The van der Waals surface area contributed by atoms with E-state index in [2.05, 4.69) is 0 Å². The maximum Gasteiger partial charge on any atom is 0.157 e. The number of rotatable bonds is 5. The van der Waals surface area contributed by atoms with Crippen molar-refractivity contribution in [2.24, 2.45) is 11.8 Å². The van der Waals surface area contributed by atoms with Gasteiger partial charge in [0.25, 0.3) is 0 Å². The molecule has 0 saturated heterocycles. The summed E-state index contributed by atoms with van der Waals surface area (Å²) in [4.78, 5) is 0. The van der Waals surface area contributed by atoms with Crippen molar-refractivity contribution in [3.05, 3.63) is 12.2 Å². The lowest BCUT2D eigenvalue weighted by atomic mass is 9.69. The largest absolute Gasteiger partial charge is 0.378 e. The molecule has 2 rings (SSSR count). The van der Waals surface area contributed by atoms with E-state index in [0.717, 1.165) is 0 Å². The molecule has 6 heteroatoms. The highest BCUT2D eigenvalue weighted by molar-refractivity contribution is 4.98. The number of alkyl halides is 4. The minimum absolute atomic E-state index is 0.232. The lowest BCUT2D eigenvalue weighted by molar-refractivity contribution is -0.113. The summed E-state index contributed by atoms with van der Waals surface area (Å²) in [5.41, 5.74) is 0. The van der Waals surface area contributed by atoms with Gasteiger partial charge in [-0.05, 0) is 44.4 Å². The standard InChI is InChI=1S/C17H26F4O2/c1-3-4-9-23-13-8-6-11(15(19)17(13)21)10-5-7-12(22-2)16(20)14(10)18/h3-4,10-17H,5-9H2,1-2H3. The van der Waals surface area contributed by atoms with Crippen LogP contribution in [0.1, 0.15) is 32.6 Å². The molecule has 0 aromatic rings. The maximum absolute atomic E-state index is 14.5. The number of hydrogen-bond donors (Lipinski definition) is 0. The predicted molar refractivity (Wildman–Crippen MR) is 80.4 cm³/mol. The van der Waals surface area contributed by atoms with Gasteiger partial charge < -0.3 is 9.47 Å². The van der Waals surface area contributed by atoms with Gasteiger partial charge in [-0.15, -0.1) is 0 Å². The van der Waals surface area contributed by atoms with E-state index >= 15 is 0 Å². The Labute approximate surface area is 135 Å². The van der Waals surface area contributed by atoms with E-state index in [1.165, 1.54) is 7.11 Å². The van der Waals surface area contributed by atoms with E-state index in [4.69, 9.17) is 9.47 Å². The fourth-order valence-corrected chi connectivity index (χ4v) is 3.83. The zero-order valence-electron chi connectivity index (χ0n) is 13.6. The summed E-state index contributed by atoms with van der Waals surface area (Å²) in [7, 11) is 1.34. The molecule has 2 fully saturated rings. The van der Waals surface area contributed by atoms with Crippen LogP contribution in [0, 0.1) is 11.8 Å². The Hall–Kier alpha value is -0.620. The van der Waals surface area contributed by atoms with Crippen molar-refractivity contribution < 1.29 is 27.0 Å². The summed E-state index contributed by atoms with van der Waals surface area (Å²) < 4.78 is 67.3. The first-order valence-corrected chi connectivity index (χ1v) is 8.33. The van der Waals surface area contributed by atoms with E-state index in [1.54, 1.807) is 12.2 Å². The van der Waals surface area contributed by atoms with Crippen LogP contribution in [0.5, 0.6) is 0 Å². The smallest absolute Gasteiger partial charge is 0.157 e. The fraction of sp³-hybridized carbons (Fsp3) is 0.882. The summed E-state index contributed by atoms with van der Waals surface area (Å²) in [6, 6.07) is 0. The van der Waals surface area contributed by atoms with Gasteiger partial charge in [-0.3, -0.25) is 0 Å². The molecular formula is C17H26F4O2. The summed E-state index contributed by atoms with van der Waals surface area (Å²) in [5, 5.41) is 0. The highest BCUT2D eigenvalue weighted by atomic mass is 19.2. The Balaban J connectivity index is 1.97. The molecule has 8 atom stereocenters. The molecule has 0 bridgehead atoms. The van der Waals surface area contributed by atoms with Crippen molar-refractivity contribution >= 4 is 0 Å². The summed E-state index contributed by atoms with van der Waals surface area (Å²) in [6.45, 7) is 2.05. The molecule has 0 radical (unpaired) electrons. The van der Waals surface area contributed by atoms with Crippen LogP contribution >= 0.6 is 0 Å². The molecular weight excluding hydrogens is 312 g/mol. The third kappa shape index (κ3) is 4.08. The van der Waals surface area contributed by atoms with E-state index in [9.17, 15) is 17.6 Å². The van der Waals surface area contributed by atoms with Gasteiger partial charge in [0.05, 0.1) is 18.8 Å². The third-order valence-electron chi connectivity index (χ3n) is 5.20. The summed E-state index contributed by atoms with van der Waals surface area (Å²) in [5.74, 6) is -1.58. The maximum atomic E-state index is 14.5. The van der Waals surface area contributed by atoms with Crippen molar-refractivity contribution in [3.63, 3.8) is 0 Å². The van der Waals surface area contributed by atoms with Crippen molar-refractivity contribution in [1.82, 2.24) is 0 Å². The van der Waals surface area contributed by atoms with E-state index in [1.807, 2.05) is 6.92 Å². The summed E-state index contributed by atoms with van der Waals surface area (Å²) >= 11 is 0. The first kappa shape index (κ1) is 18.7. The monoisotopic (exact) mass is 338 g/mol. The quantitative estimate of drug-likeness (QED) is 0.554. The molecule has 0 heterocycles. The van der Waals surface area contributed by atoms with Crippen LogP contribution in [0.4, 0.5) is 17.6 Å². The molecule has 134 valence electrons. The Kier molecular flexibility index (Phi) is 6.89. The molecule has 0 aliphatic heterocycles. The number of hydrogen-bond acceptors (Lipinski definition) is 2. The van der Waals surface area contributed by atoms with Crippen LogP contribution in [-0.4, -0.2) is 50.6 Å². The van der Waals surface area contributed by atoms with Crippen LogP contribution in [-0.2, 0) is 9.47 Å². The fourth-order valence-electron chi connectivity index (χ4n) is 3.83. The molecule has 8 unspecified atom stereocenters. The topological polar surface area (TPSA) is 18.5 Å². The van der Waals surface area contributed by atoms with Crippen LogP contribution in [0.25, 0.3) is 0 Å². The second-order valence-corrected chi connectivity index (χ2v) is 6.48. The molecule has 0 amide bonds. The van der Waals surface area contributed by atoms with Gasteiger partial charge in [0.15, 0.2) is 12.3 Å². The first-order valence-electron chi connectivity index (χ1n) is 8.33. The van der Waals surface area contributed by atoms with Gasteiger partial charge in [0, 0.05) is 7.11 Å². The van der Waals surface area contributed by atoms with Crippen molar-refractivity contribution in [2.45, 2.75) is 69.5 Å². The first-order chi connectivity index (χ1) is 11.0. The third-order valence-corrected chi connectivity index (χ3v) is 5.20. The molecule has 2 aliphatic carbocycles. The van der Waals surface area contributed by atoms with Crippen molar-refractivity contribution in [3.8, 4) is 0 Å². The molecule has 23 heavy (non-hydrogen) atoms. The van der Waals surface area contributed by atoms with Crippen molar-refractivity contribution in [2.75, 3.05) is 13.7 Å². The van der Waals surface area contributed by atoms with Gasteiger partial charge in [0.1, 0.15) is 12.3 Å². The van der Waals surface area contributed by atoms with Gasteiger partial charge in [-0.25, -0.2) is 17.6 Å². The van der Waals surface area contributed by atoms with Crippen LogP contribution in [0.15, 0.2) is 12.2 Å². The van der Waals surface area contributed by atoms with Gasteiger partial charge in [0.2, 0.25) is 0 Å². The predicted octanol–water partition coefficient (Wildman–Crippen LogP) is 4.14. The van der Waals surface area contributed by atoms with E-state index in [-0.39, 0.29) is 6.61 Å². The van der Waals surface area contributed by atoms with Crippen molar-refractivity contribution in [1.29, 1.82) is 0 Å². The van der Waals surface area contributed by atoms with Crippen LogP contribution < -0.4 is 0 Å². The molecule has 2 nitrogen and oxygen atoms in total. The zero-order chi connectivity index (χ0) is 17.0. The normalized spacial score (nSPS) is 45.5. The molecule has 2 aliphatic rings. The number of allylic oxidation sites excluding steroid dienone is 1. The lowest BCUT2D eigenvalue weighted by Crippen LogP contribution is -2.51. The average molecular weight is 338 g/mol. The minimum atomic E-state index is -1.81. The molecule has 0 aromatic carbocycles. The molecule has 0 N–H and O–H groups in total. The Morgan fingerprint density at radius 2 is 1.35 bits per heavy atom. The second kappa shape index (κ2) is 8.47. The zero-order valence-corrected chi connectivity index (χ0v) is 13.6. The second-order valence-electron chi connectivity index (χ2n) is 6.48. The lowest BCUT2D eigenvalue weighted by Gasteiger charge is -2.43. The molecule has 2 saturated carbocycles. The molecule has 0 spiro atoms. The summed E-state index contributed by atoms with van der Waals surface area (Å²) in [6.07, 6.45) is -3.97. The van der Waals surface area contributed by atoms with Crippen LogP contribution in [0.2, 0.25) is 0 Å². The SMILES string of the molecule is CC=CCOC1CCC(C2CCC(OC)C(F)C2F)C(F)C1F. The highest BCUT2D eigenvalue weighted by Gasteiger charge is 2.50. The molecule has 0 aromatic heterocycles. The Morgan fingerprint density at radius 3 is 1.87 bits per heavy atom. The highest BCUT2D eigenvalue weighted by Crippen LogP contribution is 2.43. The van der Waals surface area contributed by atoms with Crippen LogP contribution in [0.3, 0.4) is 0 Å². The Bertz CT molecular complexity index is 393. The van der Waals surface area contributed by atoms with Gasteiger partial charge in [-0.1, -0.05) is 12.2 Å². The minimum Gasteiger partial charge on any atom is -0.378 e. The van der Waals surface area contributed by atoms with Gasteiger partial charge >= 0.3 is 0 Å². The Morgan fingerprint density at radius 1 is 0.826 bits per heavy atom. The number of ether oxygens (including phenoxy) is 2. The average Bonchev–Trinajstić information content (AvgIpc) is 2.55. The van der Waals surface area contributed by atoms with E-state index in [0.29, 0.717) is 25.7 Å². The number of halogens is 4. The number of methoxy groups -OCH3 is 1. The van der Waals surface area contributed by atoms with Gasteiger partial charge in [-0.2, -0.15) is 0 Å². The van der Waals surface area contributed by atoms with E-state index < -0.39 is 48.7 Å².